The average Bonchev–Trinajstić information content (AvgIpc) is 2.40. The Labute approximate surface area is 144 Å². The molecule has 0 bridgehead atoms. The number of benzene rings is 1. The summed E-state index contributed by atoms with van der Waals surface area (Å²) in [5, 5.41) is 0. The van der Waals surface area contributed by atoms with E-state index in [2.05, 4.69) is 0 Å². The molecule has 0 atom stereocenters. The van der Waals surface area contributed by atoms with Crippen LogP contribution < -0.4 is 0 Å². The molecule has 0 fully saturated rings. The van der Waals surface area contributed by atoms with Crippen LogP contribution in [-0.4, -0.2) is 34.8 Å². The van der Waals surface area contributed by atoms with Crippen molar-refractivity contribution < 1.29 is 19.1 Å². The third-order valence-corrected chi connectivity index (χ3v) is 2.63. The molecule has 0 spiro atoms. The number of rotatable bonds is 3. The number of carbonyl (C=O) groups is 2. The standard InChI is InChI=1S/C19H27NO4/c1-18(2,3)23-16(21)20(17(22)24-19(4,5)6)14-10-13-15-11-8-7-9-12-15/h7-13H,14H2,1-6H3/b13-10+. The fraction of sp³-hybridized carbons (Fsp3) is 0.474. The summed E-state index contributed by atoms with van der Waals surface area (Å²) in [4.78, 5) is 25.5. The molecule has 0 heterocycles. The first-order chi connectivity index (χ1) is 11.0. The molecule has 0 unspecified atom stereocenters. The van der Waals surface area contributed by atoms with Gasteiger partial charge in [-0.1, -0.05) is 42.5 Å². The van der Waals surface area contributed by atoms with Gasteiger partial charge in [0, 0.05) is 0 Å². The van der Waals surface area contributed by atoms with Crippen molar-refractivity contribution in [2.45, 2.75) is 52.7 Å². The van der Waals surface area contributed by atoms with Crippen molar-refractivity contribution >= 4 is 18.3 Å². The van der Waals surface area contributed by atoms with Gasteiger partial charge in [0.2, 0.25) is 0 Å². The minimum atomic E-state index is -0.727. The van der Waals surface area contributed by atoms with Crippen molar-refractivity contribution in [3.63, 3.8) is 0 Å². The monoisotopic (exact) mass is 333 g/mol. The van der Waals surface area contributed by atoms with Gasteiger partial charge >= 0.3 is 12.2 Å². The van der Waals surface area contributed by atoms with Gasteiger partial charge in [0.05, 0.1) is 6.54 Å². The van der Waals surface area contributed by atoms with Crippen LogP contribution in [0.2, 0.25) is 0 Å². The zero-order valence-electron chi connectivity index (χ0n) is 15.3. The molecule has 1 rings (SSSR count). The highest BCUT2D eigenvalue weighted by atomic mass is 16.6. The highest BCUT2D eigenvalue weighted by molar-refractivity contribution is 5.88. The maximum atomic E-state index is 12.3. The van der Waals surface area contributed by atoms with Crippen molar-refractivity contribution in [2.24, 2.45) is 0 Å². The van der Waals surface area contributed by atoms with Gasteiger partial charge in [0.15, 0.2) is 0 Å². The molecular formula is C19H27NO4. The number of hydrogen-bond donors (Lipinski definition) is 0. The molecule has 5 nitrogen and oxygen atoms in total. The van der Waals surface area contributed by atoms with E-state index in [-0.39, 0.29) is 6.54 Å². The largest absolute Gasteiger partial charge is 0.443 e. The van der Waals surface area contributed by atoms with Crippen LogP contribution in [0.3, 0.4) is 0 Å². The van der Waals surface area contributed by atoms with Crippen LogP contribution in [0.15, 0.2) is 36.4 Å². The Morgan fingerprint density at radius 2 is 1.38 bits per heavy atom. The third kappa shape index (κ3) is 7.81. The summed E-state index contributed by atoms with van der Waals surface area (Å²) in [6, 6.07) is 9.62. The first kappa shape index (κ1) is 19.7. The van der Waals surface area contributed by atoms with E-state index in [1.807, 2.05) is 36.4 Å². The molecule has 0 aliphatic heterocycles. The quantitative estimate of drug-likeness (QED) is 0.791. The topological polar surface area (TPSA) is 55.8 Å². The van der Waals surface area contributed by atoms with Crippen molar-refractivity contribution in [1.82, 2.24) is 4.90 Å². The Kier molecular flexibility index (Phi) is 6.58. The van der Waals surface area contributed by atoms with E-state index in [0.29, 0.717) is 0 Å². The van der Waals surface area contributed by atoms with Crippen LogP contribution in [0, 0.1) is 0 Å². The number of amides is 2. The molecule has 0 N–H and O–H groups in total. The molecule has 132 valence electrons. The lowest BCUT2D eigenvalue weighted by atomic mass is 10.2. The number of hydrogen-bond acceptors (Lipinski definition) is 4. The van der Waals surface area contributed by atoms with E-state index in [1.165, 1.54) is 0 Å². The molecule has 0 saturated heterocycles. The smallest absolute Gasteiger partial charge is 0.420 e. The summed E-state index contributed by atoms with van der Waals surface area (Å²) in [6.45, 7) is 10.6. The van der Waals surface area contributed by atoms with Crippen molar-refractivity contribution in [1.29, 1.82) is 0 Å². The molecule has 5 heteroatoms. The van der Waals surface area contributed by atoms with Crippen LogP contribution in [-0.2, 0) is 9.47 Å². The third-order valence-electron chi connectivity index (χ3n) is 2.63. The van der Waals surface area contributed by atoms with E-state index in [0.717, 1.165) is 10.5 Å². The lowest BCUT2D eigenvalue weighted by Gasteiger charge is -2.28. The zero-order chi connectivity index (χ0) is 18.4. The van der Waals surface area contributed by atoms with Gasteiger partial charge in [0.25, 0.3) is 0 Å². The predicted octanol–water partition coefficient (Wildman–Crippen LogP) is 4.87. The highest BCUT2D eigenvalue weighted by Crippen LogP contribution is 2.14. The predicted molar refractivity (Wildman–Crippen MR) is 94.7 cm³/mol. The molecule has 1 aromatic carbocycles. The molecule has 0 saturated carbocycles. The van der Waals surface area contributed by atoms with Gasteiger partial charge in [-0.3, -0.25) is 0 Å². The van der Waals surface area contributed by atoms with Crippen molar-refractivity contribution in [3.8, 4) is 0 Å². The summed E-state index contributed by atoms with van der Waals surface area (Å²) in [5.74, 6) is 0. The van der Waals surface area contributed by atoms with Crippen molar-refractivity contribution in [2.75, 3.05) is 6.54 Å². The second-order valence-electron chi connectivity index (χ2n) is 7.38. The number of nitrogens with zero attached hydrogens (tertiary/aromatic N) is 1. The molecule has 0 radical (unpaired) electrons. The molecule has 0 aliphatic rings. The van der Waals surface area contributed by atoms with Gasteiger partial charge in [0.1, 0.15) is 11.2 Å². The lowest BCUT2D eigenvalue weighted by Crippen LogP contribution is -2.43. The van der Waals surface area contributed by atoms with E-state index >= 15 is 0 Å². The second kappa shape index (κ2) is 7.99. The minimum absolute atomic E-state index is 0.0682. The fourth-order valence-corrected chi connectivity index (χ4v) is 1.72. The number of carbonyl (C=O) groups excluding carboxylic acids is 2. The summed E-state index contributed by atoms with van der Waals surface area (Å²) in [5.41, 5.74) is -0.410. The maximum Gasteiger partial charge on any atom is 0.420 e. The number of imide groups is 1. The fourth-order valence-electron chi connectivity index (χ4n) is 1.72. The zero-order valence-corrected chi connectivity index (χ0v) is 15.3. The van der Waals surface area contributed by atoms with E-state index in [4.69, 9.17) is 9.47 Å². The Hall–Kier alpha value is -2.30. The molecule has 24 heavy (non-hydrogen) atoms. The van der Waals surface area contributed by atoms with Crippen LogP contribution in [0.25, 0.3) is 6.08 Å². The van der Waals surface area contributed by atoms with E-state index < -0.39 is 23.4 Å². The van der Waals surface area contributed by atoms with Crippen molar-refractivity contribution in [3.05, 3.63) is 42.0 Å². The summed E-state index contributed by atoms with van der Waals surface area (Å²) >= 11 is 0. The van der Waals surface area contributed by atoms with Gasteiger partial charge in [-0.25, -0.2) is 14.5 Å². The van der Waals surface area contributed by atoms with Crippen LogP contribution in [0.1, 0.15) is 47.1 Å². The van der Waals surface area contributed by atoms with E-state index in [9.17, 15) is 9.59 Å². The summed E-state index contributed by atoms with van der Waals surface area (Å²) in [7, 11) is 0. The van der Waals surface area contributed by atoms with Crippen LogP contribution >= 0.6 is 0 Å². The SMILES string of the molecule is CC(C)(C)OC(=O)N(C/C=C/c1ccccc1)C(=O)OC(C)(C)C. The van der Waals surface area contributed by atoms with Gasteiger partial charge in [-0.2, -0.15) is 0 Å². The van der Waals surface area contributed by atoms with Crippen LogP contribution in [0.5, 0.6) is 0 Å². The highest BCUT2D eigenvalue weighted by Gasteiger charge is 2.30. The second-order valence-corrected chi connectivity index (χ2v) is 7.38. The summed E-state index contributed by atoms with van der Waals surface area (Å²) < 4.78 is 10.6. The first-order valence-electron chi connectivity index (χ1n) is 7.93. The summed E-state index contributed by atoms with van der Waals surface area (Å²) in [6.07, 6.45) is 2.11. The molecule has 1 aromatic rings. The Bertz CT molecular complexity index is 552. The molecule has 0 aliphatic carbocycles. The Morgan fingerprint density at radius 1 is 0.917 bits per heavy atom. The lowest BCUT2D eigenvalue weighted by molar-refractivity contribution is 0.00377. The van der Waals surface area contributed by atoms with Gasteiger partial charge in [-0.15, -0.1) is 0 Å². The molecule has 2 amide bonds. The average molecular weight is 333 g/mol. The Balaban J connectivity index is 2.86. The van der Waals surface area contributed by atoms with Gasteiger partial charge in [-0.05, 0) is 47.1 Å². The maximum absolute atomic E-state index is 12.3. The van der Waals surface area contributed by atoms with E-state index in [1.54, 1.807) is 47.6 Å². The van der Waals surface area contributed by atoms with Crippen LogP contribution in [0.4, 0.5) is 9.59 Å². The van der Waals surface area contributed by atoms with Gasteiger partial charge < -0.3 is 9.47 Å². The minimum Gasteiger partial charge on any atom is -0.443 e. The number of ether oxygens (including phenoxy) is 2. The Morgan fingerprint density at radius 3 is 1.79 bits per heavy atom. The molecular weight excluding hydrogens is 306 g/mol. The molecule has 0 aromatic heterocycles. The first-order valence-corrected chi connectivity index (χ1v) is 7.93. The normalized spacial score (nSPS) is 12.1.